The predicted octanol–water partition coefficient (Wildman–Crippen LogP) is 14.7. The molecule has 5 atom stereocenters. The fourth-order valence-corrected chi connectivity index (χ4v) is 8.24. The lowest BCUT2D eigenvalue weighted by Crippen LogP contribution is -2.45. The molecule has 1 heterocycles. The van der Waals surface area contributed by atoms with Gasteiger partial charge in [-0.25, -0.2) is 0 Å². The van der Waals surface area contributed by atoms with Crippen LogP contribution >= 0.6 is 0 Å². The molecule has 1 aromatic heterocycles. The van der Waals surface area contributed by atoms with Gasteiger partial charge >= 0.3 is 0 Å². The fourth-order valence-electron chi connectivity index (χ4n) is 8.24. The monoisotopic (exact) mass is 697 g/mol. The van der Waals surface area contributed by atoms with Crippen molar-refractivity contribution in [1.82, 2.24) is 10.3 Å². The van der Waals surface area contributed by atoms with Gasteiger partial charge in [-0.05, 0) is 123 Å². The van der Waals surface area contributed by atoms with Gasteiger partial charge in [-0.2, -0.15) is 0 Å². The molecule has 0 amide bonds. The van der Waals surface area contributed by atoms with E-state index in [2.05, 4.69) is 169 Å². The van der Waals surface area contributed by atoms with Crippen molar-refractivity contribution < 1.29 is 0 Å². The summed E-state index contributed by atoms with van der Waals surface area (Å²) < 4.78 is 0. The van der Waals surface area contributed by atoms with E-state index in [0.717, 1.165) is 25.0 Å². The summed E-state index contributed by atoms with van der Waals surface area (Å²) in [6.45, 7) is 36.4. The highest BCUT2D eigenvalue weighted by molar-refractivity contribution is 5.60. The molecule has 51 heavy (non-hydrogen) atoms. The Balaban J connectivity index is 0.000000603. The first-order valence-corrected chi connectivity index (χ1v) is 20.5. The van der Waals surface area contributed by atoms with Crippen LogP contribution in [0.5, 0.6) is 0 Å². The van der Waals surface area contributed by atoms with E-state index in [4.69, 9.17) is 0 Å². The van der Waals surface area contributed by atoms with E-state index in [-0.39, 0.29) is 16.9 Å². The molecule has 1 aromatic rings. The van der Waals surface area contributed by atoms with E-state index in [0.29, 0.717) is 23.2 Å². The number of likely N-dealkylation sites (N-methyl/N-ethyl adjacent to an activating group) is 1. The Hall–Kier alpha value is -2.71. The Kier molecular flexibility index (Phi) is 19.7. The van der Waals surface area contributed by atoms with Crippen LogP contribution < -0.4 is 5.32 Å². The number of allylic oxidation sites excluding steroid dienone is 12. The van der Waals surface area contributed by atoms with Crippen molar-refractivity contribution in [3.8, 4) is 0 Å². The highest BCUT2D eigenvalue weighted by atomic mass is 14.9. The molecule has 0 aromatic carbocycles. The van der Waals surface area contributed by atoms with Crippen molar-refractivity contribution >= 4 is 5.57 Å². The number of nitrogens with one attached hydrogen (secondary N) is 1. The molecule has 2 aliphatic rings. The van der Waals surface area contributed by atoms with Crippen molar-refractivity contribution in [3.05, 3.63) is 107 Å². The topological polar surface area (TPSA) is 24.9 Å². The van der Waals surface area contributed by atoms with Crippen molar-refractivity contribution in [2.75, 3.05) is 7.05 Å². The number of hydrogen-bond donors (Lipinski definition) is 1. The molecule has 0 radical (unpaired) electrons. The van der Waals surface area contributed by atoms with Crippen LogP contribution in [0, 0.1) is 34.0 Å². The zero-order valence-corrected chi connectivity index (χ0v) is 36.4. The van der Waals surface area contributed by atoms with Crippen LogP contribution in [0.3, 0.4) is 0 Å². The summed E-state index contributed by atoms with van der Waals surface area (Å²) >= 11 is 0. The number of nitrogens with zero attached hydrogens (tertiary/aromatic N) is 1. The Morgan fingerprint density at radius 1 is 1.04 bits per heavy atom. The molecule has 2 heteroatoms. The number of rotatable bonds is 13. The molecule has 0 saturated carbocycles. The van der Waals surface area contributed by atoms with Gasteiger partial charge < -0.3 is 5.32 Å². The Labute approximate surface area is 317 Å². The first-order chi connectivity index (χ1) is 24.1. The lowest BCUT2D eigenvalue weighted by Gasteiger charge is -2.51. The molecule has 3 rings (SSSR count). The minimum Gasteiger partial charge on any atom is -0.310 e. The molecule has 0 saturated heterocycles. The summed E-state index contributed by atoms with van der Waals surface area (Å²) in [6.07, 6.45) is 28.1. The summed E-state index contributed by atoms with van der Waals surface area (Å²) in [7, 11) is 2.13. The minimum atomic E-state index is -0.00417. The van der Waals surface area contributed by atoms with E-state index >= 15 is 0 Å². The largest absolute Gasteiger partial charge is 0.310 e. The maximum atomic E-state index is 4.38. The van der Waals surface area contributed by atoms with Crippen LogP contribution in [0.4, 0.5) is 0 Å². The number of aromatic nitrogens is 1. The van der Waals surface area contributed by atoms with Crippen LogP contribution in [0.1, 0.15) is 155 Å². The lowest BCUT2D eigenvalue weighted by atomic mass is 9.54. The van der Waals surface area contributed by atoms with Gasteiger partial charge in [-0.1, -0.05) is 162 Å². The summed E-state index contributed by atoms with van der Waals surface area (Å²) in [5, 5.41) is 3.71. The van der Waals surface area contributed by atoms with Crippen molar-refractivity contribution in [3.63, 3.8) is 0 Å². The molecule has 2 aliphatic carbocycles. The van der Waals surface area contributed by atoms with Gasteiger partial charge in [0.2, 0.25) is 0 Å². The molecule has 0 spiro atoms. The molecule has 5 unspecified atom stereocenters. The Morgan fingerprint density at radius 2 is 1.71 bits per heavy atom. The van der Waals surface area contributed by atoms with E-state index in [9.17, 15) is 0 Å². The summed E-state index contributed by atoms with van der Waals surface area (Å²) in [4.78, 5) is 4.38. The predicted molar refractivity (Wildman–Crippen MR) is 231 cm³/mol. The normalized spacial score (nSPS) is 21.8. The SMILES string of the molecule is CC.CCC(C=C(C)c1ccccn1)C(C)(C)C.CCC=CC(CC)(C(C)CC)C1CC=C(C)C2=C1C(NC)C=C(/C=C\C=C(/C)CC)C2(C)C. The van der Waals surface area contributed by atoms with Gasteiger partial charge in [0.25, 0.3) is 0 Å². The van der Waals surface area contributed by atoms with Gasteiger partial charge in [0.1, 0.15) is 0 Å². The van der Waals surface area contributed by atoms with Crippen LogP contribution in [-0.2, 0) is 0 Å². The van der Waals surface area contributed by atoms with E-state index in [1.54, 1.807) is 11.1 Å². The molecule has 2 nitrogen and oxygen atoms in total. The quantitative estimate of drug-likeness (QED) is 0.164. The first kappa shape index (κ1) is 46.3. The number of pyridine rings is 1. The third-order valence-corrected chi connectivity index (χ3v) is 11.8. The van der Waals surface area contributed by atoms with E-state index < -0.39 is 0 Å². The molecule has 0 fully saturated rings. The smallest absolute Gasteiger partial charge is 0.0655 e. The summed E-state index contributed by atoms with van der Waals surface area (Å²) in [6, 6.07) is 6.35. The second-order valence-electron chi connectivity index (χ2n) is 16.3. The number of hydrogen-bond acceptors (Lipinski definition) is 2. The van der Waals surface area contributed by atoms with Gasteiger partial charge in [0, 0.05) is 17.7 Å². The zero-order chi connectivity index (χ0) is 39.0. The Morgan fingerprint density at radius 3 is 2.20 bits per heavy atom. The van der Waals surface area contributed by atoms with E-state index in [1.165, 1.54) is 41.6 Å². The van der Waals surface area contributed by atoms with Crippen LogP contribution in [0.25, 0.3) is 5.57 Å². The maximum Gasteiger partial charge on any atom is 0.0655 e. The van der Waals surface area contributed by atoms with Gasteiger partial charge in [0.15, 0.2) is 0 Å². The molecular weight excluding hydrogens is 617 g/mol. The third kappa shape index (κ3) is 11.9. The van der Waals surface area contributed by atoms with Crippen molar-refractivity contribution in [2.45, 2.75) is 155 Å². The van der Waals surface area contributed by atoms with Gasteiger partial charge in [0.05, 0.1) is 5.69 Å². The average Bonchev–Trinajstić information content (AvgIpc) is 3.12. The van der Waals surface area contributed by atoms with Crippen molar-refractivity contribution in [1.29, 1.82) is 0 Å². The summed E-state index contributed by atoms with van der Waals surface area (Å²) in [5.74, 6) is 1.78. The van der Waals surface area contributed by atoms with Crippen LogP contribution in [0.2, 0.25) is 0 Å². The molecule has 1 N–H and O–H groups in total. The lowest BCUT2D eigenvalue weighted by molar-refractivity contribution is 0.145. The fraction of sp³-hybridized carbons (Fsp3) is 0.612. The van der Waals surface area contributed by atoms with Gasteiger partial charge in [-0.15, -0.1) is 0 Å². The van der Waals surface area contributed by atoms with E-state index in [1.807, 2.05) is 32.2 Å². The first-order valence-electron chi connectivity index (χ1n) is 20.5. The second kappa shape index (κ2) is 21.7. The molecule has 0 bridgehead atoms. The third-order valence-electron chi connectivity index (χ3n) is 11.8. The second-order valence-corrected chi connectivity index (χ2v) is 16.3. The maximum absolute atomic E-state index is 4.38. The minimum absolute atomic E-state index is 0.00417. The Bertz CT molecular complexity index is 1400. The van der Waals surface area contributed by atoms with Gasteiger partial charge in [-0.3, -0.25) is 4.98 Å². The zero-order valence-electron chi connectivity index (χ0n) is 36.4. The molecule has 0 aliphatic heterocycles. The average molecular weight is 697 g/mol. The van der Waals surface area contributed by atoms with Crippen LogP contribution in [0.15, 0.2) is 101 Å². The van der Waals surface area contributed by atoms with Crippen LogP contribution in [-0.4, -0.2) is 18.1 Å². The standard InChI is InChI=1S/C32H51N.C15H23N.C2H6/c1-11-15-21-32(14-4,25(7)13-3)27-20-19-24(6)30-29(27)28(33-10)22-26(31(30,8)9)18-16-17-23(5)12-2;1-6-13(15(3,4)5)11-12(2)14-9-7-8-10-16-14;1-2/h15-19,21-22,25,27-28,33H,11-14,20H2,1-10H3;7-11,13H,6H2,1-5H3;1-2H3/b18-16-,21-15?,23-17+;;. The molecule has 286 valence electrons. The summed E-state index contributed by atoms with van der Waals surface area (Å²) in [5.41, 5.74) is 10.4. The van der Waals surface area contributed by atoms with Crippen molar-refractivity contribution in [2.24, 2.45) is 34.0 Å². The highest BCUT2D eigenvalue weighted by Crippen LogP contribution is 2.56. The molecular formula is C49H80N2. The highest BCUT2D eigenvalue weighted by Gasteiger charge is 2.47.